The SMILES string of the molecule is Cc1cc(C)cc(OCCCN2C(=O)NC3(CCCCCCC3)C2=O)c1. The van der Waals surface area contributed by atoms with Crippen molar-refractivity contribution in [3.8, 4) is 5.75 Å². The molecule has 1 spiro atoms. The summed E-state index contributed by atoms with van der Waals surface area (Å²) in [5, 5.41) is 3.01. The van der Waals surface area contributed by atoms with Gasteiger partial charge in [0.15, 0.2) is 0 Å². The van der Waals surface area contributed by atoms with Crippen molar-refractivity contribution in [1.82, 2.24) is 10.2 Å². The summed E-state index contributed by atoms with van der Waals surface area (Å²) in [5.41, 5.74) is 1.69. The van der Waals surface area contributed by atoms with Crippen molar-refractivity contribution in [2.45, 2.75) is 70.8 Å². The third-order valence-electron chi connectivity index (χ3n) is 5.44. The van der Waals surface area contributed by atoms with E-state index >= 15 is 0 Å². The van der Waals surface area contributed by atoms with Crippen LogP contribution in [-0.4, -0.2) is 35.5 Å². The highest BCUT2D eigenvalue weighted by Gasteiger charge is 2.49. The van der Waals surface area contributed by atoms with E-state index in [0.717, 1.165) is 44.3 Å². The van der Waals surface area contributed by atoms with Crippen molar-refractivity contribution >= 4 is 11.9 Å². The molecule has 1 saturated carbocycles. The van der Waals surface area contributed by atoms with E-state index in [9.17, 15) is 9.59 Å². The van der Waals surface area contributed by atoms with Crippen LogP contribution < -0.4 is 10.1 Å². The molecule has 2 fully saturated rings. The van der Waals surface area contributed by atoms with Crippen molar-refractivity contribution in [3.05, 3.63) is 29.3 Å². The average Bonchev–Trinajstić information content (AvgIpc) is 2.78. The van der Waals surface area contributed by atoms with E-state index < -0.39 is 5.54 Å². The molecule has 0 radical (unpaired) electrons. The van der Waals surface area contributed by atoms with E-state index in [1.165, 1.54) is 22.4 Å². The summed E-state index contributed by atoms with van der Waals surface area (Å²) in [5.74, 6) is 0.812. The Morgan fingerprint density at radius 2 is 1.62 bits per heavy atom. The fourth-order valence-corrected chi connectivity index (χ4v) is 4.16. The Morgan fingerprint density at radius 1 is 1.00 bits per heavy atom. The fraction of sp³-hybridized carbons (Fsp3) is 0.619. The maximum absolute atomic E-state index is 12.9. The highest BCUT2D eigenvalue weighted by atomic mass is 16.5. The molecule has 1 aliphatic heterocycles. The Morgan fingerprint density at radius 3 is 2.27 bits per heavy atom. The summed E-state index contributed by atoms with van der Waals surface area (Å²) < 4.78 is 5.80. The Bertz CT molecular complexity index is 643. The van der Waals surface area contributed by atoms with Crippen molar-refractivity contribution in [1.29, 1.82) is 0 Å². The van der Waals surface area contributed by atoms with E-state index in [1.807, 2.05) is 26.0 Å². The van der Waals surface area contributed by atoms with Crippen LogP contribution >= 0.6 is 0 Å². The van der Waals surface area contributed by atoms with Crippen molar-refractivity contribution < 1.29 is 14.3 Å². The topological polar surface area (TPSA) is 58.6 Å². The molecule has 2 aliphatic rings. The van der Waals surface area contributed by atoms with Crippen LogP contribution in [0.5, 0.6) is 5.75 Å². The van der Waals surface area contributed by atoms with Gasteiger partial charge in [0.05, 0.1) is 6.61 Å². The Kier molecular flexibility index (Phi) is 5.84. The zero-order valence-electron chi connectivity index (χ0n) is 16.0. The number of nitrogens with one attached hydrogen (secondary N) is 1. The second-order valence-corrected chi connectivity index (χ2v) is 7.76. The van der Waals surface area contributed by atoms with Gasteiger partial charge in [-0.1, -0.05) is 38.2 Å². The van der Waals surface area contributed by atoms with Crippen LogP contribution in [0.25, 0.3) is 0 Å². The number of urea groups is 1. The number of nitrogens with zero attached hydrogens (tertiary/aromatic N) is 1. The quantitative estimate of drug-likeness (QED) is 0.636. The van der Waals surface area contributed by atoms with Gasteiger partial charge in [0, 0.05) is 6.54 Å². The number of rotatable bonds is 5. The molecule has 1 aromatic rings. The van der Waals surface area contributed by atoms with Gasteiger partial charge in [-0.2, -0.15) is 0 Å². The van der Waals surface area contributed by atoms with Gasteiger partial charge in [0.2, 0.25) is 0 Å². The number of benzene rings is 1. The number of ether oxygens (including phenoxy) is 1. The molecule has 0 atom stereocenters. The van der Waals surface area contributed by atoms with Crippen LogP contribution in [0.15, 0.2) is 18.2 Å². The highest BCUT2D eigenvalue weighted by molar-refractivity contribution is 6.07. The van der Waals surface area contributed by atoms with Crippen molar-refractivity contribution in [2.75, 3.05) is 13.2 Å². The molecule has 1 heterocycles. The van der Waals surface area contributed by atoms with Crippen LogP contribution in [0.4, 0.5) is 4.79 Å². The first-order valence-electron chi connectivity index (χ1n) is 9.85. The molecular formula is C21H30N2O3. The molecule has 5 heteroatoms. The standard InChI is InChI=1S/C21H30N2O3/c1-16-13-17(2)15-18(14-16)26-12-8-11-23-19(24)21(22-20(23)25)9-6-4-3-5-7-10-21/h13-15H,3-12H2,1-2H3,(H,22,25). The van der Waals surface area contributed by atoms with E-state index in [1.54, 1.807) is 0 Å². The summed E-state index contributed by atoms with van der Waals surface area (Å²) in [7, 11) is 0. The summed E-state index contributed by atoms with van der Waals surface area (Å²) in [6.45, 7) is 4.99. The van der Waals surface area contributed by atoms with E-state index in [2.05, 4.69) is 11.4 Å². The van der Waals surface area contributed by atoms with Crippen LogP contribution in [0.1, 0.15) is 62.5 Å². The van der Waals surface area contributed by atoms with Crippen LogP contribution in [-0.2, 0) is 4.79 Å². The van der Waals surface area contributed by atoms with Crippen molar-refractivity contribution in [2.24, 2.45) is 0 Å². The van der Waals surface area contributed by atoms with Gasteiger partial charge in [-0.25, -0.2) is 4.79 Å². The zero-order valence-corrected chi connectivity index (χ0v) is 16.0. The minimum Gasteiger partial charge on any atom is -0.494 e. The first kappa shape index (κ1) is 18.7. The molecule has 0 aromatic heterocycles. The number of imide groups is 1. The van der Waals surface area contributed by atoms with Gasteiger partial charge in [0.1, 0.15) is 11.3 Å². The van der Waals surface area contributed by atoms with E-state index in [4.69, 9.17) is 4.74 Å². The third-order valence-corrected chi connectivity index (χ3v) is 5.44. The summed E-state index contributed by atoms with van der Waals surface area (Å²) >= 11 is 0. The minimum absolute atomic E-state index is 0.0317. The first-order valence-corrected chi connectivity index (χ1v) is 9.85. The Balaban J connectivity index is 1.53. The molecule has 1 aliphatic carbocycles. The average molecular weight is 358 g/mol. The van der Waals surface area contributed by atoms with Gasteiger partial charge in [-0.15, -0.1) is 0 Å². The predicted octanol–water partition coefficient (Wildman–Crippen LogP) is 4.11. The van der Waals surface area contributed by atoms with E-state index in [0.29, 0.717) is 19.6 Å². The second kappa shape index (κ2) is 8.11. The molecule has 5 nitrogen and oxygen atoms in total. The van der Waals surface area contributed by atoms with Gasteiger partial charge < -0.3 is 10.1 Å². The summed E-state index contributed by atoms with van der Waals surface area (Å²) in [6, 6.07) is 5.88. The van der Waals surface area contributed by atoms with Crippen LogP contribution in [0.3, 0.4) is 0 Å². The lowest BCUT2D eigenvalue weighted by Gasteiger charge is -2.28. The fourth-order valence-electron chi connectivity index (χ4n) is 4.16. The number of amides is 3. The predicted molar refractivity (Wildman–Crippen MR) is 101 cm³/mol. The van der Waals surface area contributed by atoms with Gasteiger partial charge in [0.25, 0.3) is 5.91 Å². The lowest BCUT2D eigenvalue weighted by molar-refractivity contribution is -0.132. The number of aryl methyl sites for hydroxylation is 2. The number of carbonyl (C=O) groups is 2. The minimum atomic E-state index is -0.647. The molecule has 3 amide bonds. The van der Waals surface area contributed by atoms with Crippen molar-refractivity contribution in [3.63, 3.8) is 0 Å². The van der Waals surface area contributed by atoms with Crippen LogP contribution in [0.2, 0.25) is 0 Å². The number of hydrogen-bond acceptors (Lipinski definition) is 3. The second-order valence-electron chi connectivity index (χ2n) is 7.76. The maximum atomic E-state index is 12.9. The Hall–Kier alpha value is -2.04. The lowest BCUT2D eigenvalue weighted by atomic mass is 9.84. The van der Waals surface area contributed by atoms with Crippen LogP contribution in [0, 0.1) is 13.8 Å². The maximum Gasteiger partial charge on any atom is 0.325 e. The van der Waals surface area contributed by atoms with Gasteiger partial charge >= 0.3 is 6.03 Å². The number of carbonyl (C=O) groups excluding carboxylic acids is 2. The molecule has 26 heavy (non-hydrogen) atoms. The molecule has 0 unspecified atom stereocenters. The van der Waals surface area contributed by atoms with Gasteiger partial charge in [-0.05, 0) is 56.4 Å². The molecule has 142 valence electrons. The Labute approximate surface area is 156 Å². The zero-order chi connectivity index (χ0) is 18.6. The van der Waals surface area contributed by atoms with Gasteiger partial charge in [-0.3, -0.25) is 9.69 Å². The lowest BCUT2D eigenvalue weighted by Crippen LogP contribution is -2.47. The summed E-state index contributed by atoms with van der Waals surface area (Å²) in [4.78, 5) is 26.7. The molecule has 1 saturated heterocycles. The molecular weight excluding hydrogens is 328 g/mol. The largest absolute Gasteiger partial charge is 0.494 e. The molecule has 1 aromatic carbocycles. The number of hydrogen-bond donors (Lipinski definition) is 1. The third kappa shape index (κ3) is 4.19. The normalized spacial score (nSPS) is 20.0. The summed E-state index contributed by atoms with van der Waals surface area (Å²) in [6.07, 6.45) is 7.73. The monoisotopic (exact) mass is 358 g/mol. The van der Waals surface area contributed by atoms with E-state index in [-0.39, 0.29) is 11.9 Å². The molecule has 0 bridgehead atoms. The first-order chi connectivity index (χ1) is 12.5. The highest BCUT2D eigenvalue weighted by Crippen LogP contribution is 2.32. The smallest absolute Gasteiger partial charge is 0.325 e. The molecule has 3 rings (SSSR count). The molecule has 1 N–H and O–H groups in total.